The number of nitrogens with two attached hydrogens (primary N) is 1. The molecule has 1 unspecified atom stereocenters. The lowest BCUT2D eigenvalue weighted by Crippen LogP contribution is -2.33. The Labute approximate surface area is 116 Å². The van der Waals surface area contributed by atoms with Gasteiger partial charge in [-0.25, -0.2) is 4.98 Å². The molecular formula is C15H13N3O2. The van der Waals surface area contributed by atoms with Crippen molar-refractivity contribution in [1.82, 2.24) is 4.98 Å². The summed E-state index contributed by atoms with van der Waals surface area (Å²) in [5, 5.41) is 8.82. The van der Waals surface area contributed by atoms with Crippen LogP contribution in [0.3, 0.4) is 0 Å². The summed E-state index contributed by atoms with van der Waals surface area (Å²) in [5.74, 6) is 2.13. The smallest absolute Gasteiger partial charge is 0.144 e. The highest BCUT2D eigenvalue weighted by Crippen LogP contribution is 2.30. The Morgan fingerprint density at radius 3 is 3.00 bits per heavy atom. The van der Waals surface area contributed by atoms with E-state index in [0.717, 1.165) is 17.7 Å². The van der Waals surface area contributed by atoms with Crippen molar-refractivity contribution in [1.29, 1.82) is 5.26 Å². The molecule has 5 heteroatoms. The minimum Gasteiger partial charge on any atom is -0.492 e. The van der Waals surface area contributed by atoms with Crippen LogP contribution in [0.1, 0.15) is 11.3 Å². The maximum Gasteiger partial charge on any atom is 0.144 e. The van der Waals surface area contributed by atoms with E-state index in [1.54, 1.807) is 18.3 Å². The summed E-state index contributed by atoms with van der Waals surface area (Å²) in [5.41, 5.74) is 7.24. The Balaban J connectivity index is 1.84. The standard InChI is InChI=1S/C15H13N3O2/c16-8-12-7-14(3-4-18-12)20-13-1-2-15-10(6-13)5-11(17)9-19-15/h1-4,6-7,11H,5,9,17H2. The van der Waals surface area contributed by atoms with Gasteiger partial charge in [0.15, 0.2) is 0 Å². The lowest BCUT2D eigenvalue weighted by Gasteiger charge is -2.22. The fourth-order valence-corrected chi connectivity index (χ4v) is 2.13. The predicted octanol–water partition coefficient (Wildman–Crippen LogP) is 2.01. The molecule has 0 bridgehead atoms. The van der Waals surface area contributed by atoms with E-state index < -0.39 is 0 Å². The number of benzene rings is 1. The quantitative estimate of drug-likeness (QED) is 0.900. The molecule has 1 aliphatic rings. The number of pyridine rings is 1. The second-order valence-electron chi connectivity index (χ2n) is 4.64. The van der Waals surface area contributed by atoms with Gasteiger partial charge in [0, 0.05) is 18.3 Å². The molecule has 0 aliphatic carbocycles. The second kappa shape index (κ2) is 5.19. The molecule has 0 saturated carbocycles. The molecule has 2 heterocycles. The van der Waals surface area contributed by atoms with Crippen molar-refractivity contribution >= 4 is 0 Å². The average molecular weight is 267 g/mol. The molecule has 0 fully saturated rings. The first kappa shape index (κ1) is 12.5. The molecule has 2 aromatic rings. The van der Waals surface area contributed by atoms with Gasteiger partial charge in [0.25, 0.3) is 0 Å². The molecular weight excluding hydrogens is 254 g/mol. The zero-order valence-corrected chi connectivity index (χ0v) is 10.7. The van der Waals surface area contributed by atoms with E-state index in [9.17, 15) is 0 Å². The van der Waals surface area contributed by atoms with Crippen molar-refractivity contribution in [3.05, 3.63) is 47.8 Å². The molecule has 0 spiro atoms. The van der Waals surface area contributed by atoms with Gasteiger partial charge in [-0.1, -0.05) is 0 Å². The van der Waals surface area contributed by atoms with Crippen LogP contribution in [0.5, 0.6) is 17.2 Å². The van der Waals surface area contributed by atoms with E-state index in [2.05, 4.69) is 4.98 Å². The Morgan fingerprint density at radius 2 is 2.15 bits per heavy atom. The summed E-state index contributed by atoms with van der Waals surface area (Å²) in [4.78, 5) is 3.90. The number of fused-ring (bicyclic) bond motifs is 1. The molecule has 0 saturated heterocycles. The van der Waals surface area contributed by atoms with Crippen LogP contribution in [0.25, 0.3) is 0 Å². The monoisotopic (exact) mass is 267 g/mol. The van der Waals surface area contributed by atoms with Gasteiger partial charge in [-0.2, -0.15) is 5.26 Å². The van der Waals surface area contributed by atoms with Gasteiger partial charge in [0.05, 0.1) is 0 Å². The first-order chi connectivity index (χ1) is 9.74. The number of hydrogen-bond donors (Lipinski definition) is 1. The van der Waals surface area contributed by atoms with Gasteiger partial charge in [0.1, 0.15) is 35.6 Å². The minimum absolute atomic E-state index is 0.0175. The Bertz CT molecular complexity index is 679. The highest BCUT2D eigenvalue weighted by molar-refractivity contribution is 5.44. The second-order valence-corrected chi connectivity index (χ2v) is 4.64. The van der Waals surface area contributed by atoms with Crippen LogP contribution in [-0.4, -0.2) is 17.6 Å². The summed E-state index contributed by atoms with van der Waals surface area (Å²) in [6.07, 6.45) is 2.32. The fraction of sp³-hybridized carbons (Fsp3) is 0.200. The van der Waals surface area contributed by atoms with Crippen LogP contribution in [0.4, 0.5) is 0 Å². The topological polar surface area (TPSA) is 81.2 Å². The van der Waals surface area contributed by atoms with Gasteiger partial charge >= 0.3 is 0 Å². The predicted molar refractivity (Wildman–Crippen MR) is 72.6 cm³/mol. The molecule has 1 aliphatic heterocycles. The lowest BCUT2D eigenvalue weighted by molar-refractivity contribution is 0.263. The van der Waals surface area contributed by atoms with Crippen molar-refractivity contribution in [2.24, 2.45) is 5.73 Å². The Hall–Kier alpha value is -2.58. The van der Waals surface area contributed by atoms with Crippen LogP contribution >= 0.6 is 0 Å². The molecule has 1 aromatic carbocycles. The average Bonchev–Trinajstić information content (AvgIpc) is 2.47. The molecule has 2 N–H and O–H groups in total. The third kappa shape index (κ3) is 2.56. The zero-order chi connectivity index (χ0) is 13.9. The number of nitrogens with zero attached hydrogens (tertiary/aromatic N) is 2. The SMILES string of the molecule is N#Cc1cc(Oc2ccc3c(c2)CC(N)CO3)ccn1. The summed E-state index contributed by atoms with van der Waals surface area (Å²) in [6, 6.07) is 10.9. The van der Waals surface area contributed by atoms with E-state index in [1.165, 1.54) is 0 Å². The van der Waals surface area contributed by atoms with Crippen LogP contribution in [-0.2, 0) is 6.42 Å². The van der Waals surface area contributed by atoms with Gasteiger partial charge in [-0.05, 0) is 36.2 Å². The van der Waals surface area contributed by atoms with Crippen molar-refractivity contribution in [2.45, 2.75) is 12.5 Å². The van der Waals surface area contributed by atoms with Crippen molar-refractivity contribution in [3.8, 4) is 23.3 Å². The molecule has 100 valence electrons. The number of ether oxygens (including phenoxy) is 2. The first-order valence-electron chi connectivity index (χ1n) is 6.30. The van der Waals surface area contributed by atoms with Crippen LogP contribution in [0.15, 0.2) is 36.5 Å². The van der Waals surface area contributed by atoms with E-state index in [1.807, 2.05) is 24.3 Å². The molecule has 0 amide bonds. The van der Waals surface area contributed by atoms with Gasteiger partial charge in [0.2, 0.25) is 0 Å². The van der Waals surface area contributed by atoms with Gasteiger partial charge in [-0.15, -0.1) is 0 Å². The maximum absolute atomic E-state index is 8.82. The molecule has 3 rings (SSSR count). The van der Waals surface area contributed by atoms with E-state index in [0.29, 0.717) is 23.8 Å². The molecule has 5 nitrogen and oxygen atoms in total. The number of rotatable bonds is 2. The van der Waals surface area contributed by atoms with Crippen molar-refractivity contribution in [2.75, 3.05) is 6.61 Å². The van der Waals surface area contributed by atoms with Crippen LogP contribution < -0.4 is 15.2 Å². The lowest BCUT2D eigenvalue weighted by atomic mass is 10.0. The summed E-state index contributed by atoms with van der Waals surface area (Å²) in [6.45, 7) is 0.545. The van der Waals surface area contributed by atoms with Crippen LogP contribution in [0.2, 0.25) is 0 Å². The number of hydrogen-bond acceptors (Lipinski definition) is 5. The highest BCUT2D eigenvalue weighted by atomic mass is 16.5. The summed E-state index contributed by atoms with van der Waals surface area (Å²) < 4.78 is 11.3. The van der Waals surface area contributed by atoms with Crippen molar-refractivity contribution < 1.29 is 9.47 Å². The number of nitriles is 1. The van der Waals surface area contributed by atoms with Crippen LogP contribution in [0, 0.1) is 11.3 Å². The molecule has 1 atom stereocenters. The van der Waals surface area contributed by atoms with Crippen molar-refractivity contribution in [3.63, 3.8) is 0 Å². The highest BCUT2D eigenvalue weighted by Gasteiger charge is 2.17. The normalized spacial score (nSPS) is 16.7. The van der Waals surface area contributed by atoms with Gasteiger partial charge in [-0.3, -0.25) is 0 Å². The van der Waals surface area contributed by atoms with E-state index in [4.69, 9.17) is 20.5 Å². The summed E-state index contributed by atoms with van der Waals surface area (Å²) >= 11 is 0. The number of aromatic nitrogens is 1. The molecule has 1 aromatic heterocycles. The third-order valence-corrected chi connectivity index (χ3v) is 3.05. The molecule has 0 radical (unpaired) electrons. The van der Waals surface area contributed by atoms with E-state index in [-0.39, 0.29) is 6.04 Å². The maximum atomic E-state index is 8.82. The zero-order valence-electron chi connectivity index (χ0n) is 10.7. The third-order valence-electron chi connectivity index (χ3n) is 3.05. The fourth-order valence-electron chi connectivity index (χ4n) is 2.13. The van der Waals surface area contributed by atoms with Gasteiger partial charge < -0.3 is 15.2 Å². The Kier molecular flexibility index (Phi) is 3.23. The molecule has 20 heavy (non-hydrogen) atoms. The largest absolute Gasteiger partial charge is 0.492 e. The summed E-state index contributed by atoms with van der Waals surface area (Å²) in [7, 11) is 0. The Morgan fingerprint density at radius 1 is 1.30 bits per heavy atom. The van der Waals surface area contributed by atoms with E-state index >= 15 is 0 Å². The first-order valence-corrected chi connectivity index (χ1v) is 6.30. The minimum atomic E-state index is 0.0175.